The number of benzene rings is 1. The maximum atomic E-state index is 13.4. The first-order valence-electron chi connectivity index (χ1n) is 12.2. The molecule has 2 amide bonds. The Hall–Kier alpha value is -2.93. The van der Waals surface area contributed by atoms with Crippen molar-refractivity contribution in [2.75, 3.05) is 32.7 Å². The maximum Gasteiger partial charge on any atom is 0.259 e. The van der Waals surface area contributed by atoms with E-state index in [1.165, 1.54) is 32.1 Å². The Morgan fingerprint density at radius 2 is 1.61 bits per heavy atom. The molecular weight excluding hydrogens is 416 g/mol. The molecule has 2 heterocycles. The molecule has 1 aliphatic carbocycles. The van der Waals surface area contributed by atoms with E-state index >= 15 is 0 Å². The van der Waals surface area contributed by atoms with Gasteiger partial charge in [0.05, 0.1) is 0 Å². The van der Waals surface area contributed by atoms with Gasteiger partial charge < -0.3 is 14.8 Å². The van der Waals surface area contributed by atoms with Crippen LogP contribution in [0.25, 0.3) is 0 Å². The van der Waals surface area contributed by atoms with Crippen LogP contribution in [-0.4, -0.2) is 64.9 Å². The highest BCUT2D eigenvalue weighted by molar-refractivity contribution is 5.99. The summed E-state index contributed by atoms with van der Waals surface area (Å²) in [6, 6.07) is 10.4. The van der Waals surface area contributed by atoms with E-state index in [9.17, 15) is 14.4 Å². The molecule has 2 aliphatic rings. The number of pyridine rings is 1. The number of amides is 2. The molecule has 1 saturated heterocycles. The molecule has 1 aromatic carbocycles. The molecule has 4 rings (SSSR count). The Kier molecular flexibility index (Phi) is 7.60. The third kappa shape index (κ3) is 5.53. The Morgan fingerprint density at radius 3 is 2.27 bits per heavy atom. The molecule has 1 N–H and O–H groups in total. The van der Waals surface area contributed by atoms with E-state index < -0.39 is 11.3 Å². The summed E-state index contributed by atoms with van der Waals surface area (Å²) in [7, 11) is 0. The second kappa shape index (κ2) is 10.8. The molecule has 0 bridgehead atoms. The second-order valence-corrected chi connectivity index (χ2v) is 9.05. The zero-order valence-corrected chi connectivity index (χ0v) is 19.5. The van der Waals surface area contributed by atoms with Crippen molar-refractivity contribution in [3.05, 3.63) is 69.6 Å². The lowest BCUT2D eigenvalue weighted by atomic mass is 9.94. The molecule has 0 atom stereocenters. The Bertz CT molecular complexity index is 1020. The van der Waals surface area contributed by atoms with Gasteiger partial charge in [-0.1, -0.05) is 49.6 Å². The summed E-state index contributed by atoms with van der Waals surface area (Å²) >= 11 is 0. The third-order valence-electron chi connectivity index (χ3n) is 6.79. The molecule has 1 saturated carbocycles. The standard InChI is InChI=1S/C26H34N4O3/c1-2-27-25(32)22-18-28(17-20-9-5-3-6-10-20)19-23(24(22)31)26(33)30-15-13-29(14-16-30)21-11-7-4-8-12-21/h3,5-6,9-10,18-19,21H,2,4,7-8,11-17H2,1H3,(H,27,32). The Labute approximate surface area is 195 Å². The van der Waals surface area contributed by atoms with E-state index in [1.54, 1.807) is 28.8 Å². The second-order valence-electron chi connectivity index (χ2n) is 9.05. The van der Waals surface area contributed by atoms with Crippen LogP contribution in [0.4, 0.5) is 0 Å². The highest BCUT2D eigenvalue weighted by atomic mass is 16.2. The van der Waals surface area contributed by atoms with Crippen molar-refractivity contribution in [1.29, 1.82) is 0 Å². The van der Waals surface area contributed by atoms with Gasteiger partial charge in [0.1, 0.15) is 11.1 Å². The number of aromatic nitrogens is 1. The number of nitrogens with one attached hydrogen (secondary N) is 1. The average molecular weight is 451 g/mol. The number of nitrogens with zero attached hydrogens (tertiary/aromatic N) is 3. The summed E-state index contributed by atoms with van der Waals surface area (Å²) in [5.41, 5.74) is 0.618. The number of carbonyl (C=O) groups excluding carboxylic acids is 2. The number of rotatable bonds is 6. The van der Waals surface area contributed by atoms with Crippen molar-refractivity contribution in [3.8, 4) is 0 Å². The van der Waals surface area contributed by atoms with Crippen LogP contribution in [0.15, 0.2) is 47.5 Å². The molecule has 0 radical (unpaired) electrons. The highest BCUT2D eigenvalue weighted by Crippen LogP contribution is 2.23. The van der Waals surface area contributed by atoms with Gasteiger partial charge >= 0.3 is 0 Å². The minimum absolute atomic E-state index is 0.0134. The molecule has 1 aliphatic heterocycles. The van der Waals surface area contributed by atoms with Gasteiger partial charge in [0.2, 0.25) is 5.43 Å². The fraction of sp³-hybridized carbons (Fsp3) is 0.500. The normalized spacial score (nSPS) is 17.7. The van der Waals surface area contributed by atoms with Gasteiger partial charge in [-0.05, 0) is 25.3 Å². The minimum atomic E-state index is -0.495. The quantitative estimate of drug-likeness (QED) is 0.734. The molecule has 7 heteroatoms. The lowest BCUT2D eigenvalue weighted by Crippen LogP contribution is -2.53. The summed E-state index contributed by atoms with van der Waals surface area (Å²) in [5, 5.41) is 2.70. The fourth-order valence-corrected chi connectivity index (χ4v) is 4.99. The van der Waals surface area contributed by atoms with Crippen molar-refractivity contribution in [2.24, 2.45) is 0 Å². The van der Waals surface area contributed by atoms with Gasteiger partial charge in [-0.15, -0.1) is 0 Å². The number of carbonyl (C=O) groups is 2. The Morgan fingerprint density at radius 1 is 0.939 bits per heavy atom. The molecule has 33 heavy (non-hydrogen) atoms. The molecule has 7 nitrogen and oxygen atoms in total. The van der Waals surface area contributed by atoms with Gasteiger partial charge in [0, 0.05) is 57.7 Å². The predicted octanol–water partition coefficient (Wildman–Crippen LogP) is 2.74. The fourth-order valence-electron chi connectivity index (χ4n) is 4.99. The molecule has 2 aromatic rings. The molecule has 1 aromatic heterocycles. The number of hydrogen-bond donors (Lipinski definition) is 1. The first kappa shape index (κ1) is 23.2. The van der Waals surface area contributed by atoms with Crippen molar-refractivity contribution in [3.63, 3.8) is 0 Å². The Balaban J connectivity index is 1.55. The van der Waals surface area contributed by atoms with Crippen LogP contribution in [-0.2, 0) is 6.54 Å². The smallest absolute Gasteiger partial charge is 0.259 e. The van der Waals surface area contributed by atoms with Crippen LogP contribution in [0.3, 0.4) is 0 Å². The summed E-state index contributed by atoms with van der Waals surface area (Å²) < 4.78 is 1.77. The molecule has 0 spiro atoms. The van der Waals surface area contributed by atoms with Gasteiger partial charge in [0.25, 0.3) is 11.8 Å². The van der Waals surface area contributed by atoms with E-state index in [-0.39, 0.29) is 17.0 Å². The van der Waals surface area contributed by atoms with E-state index in [0.717, 1.165) is 18.7 Å². The summed E-state index contributed by atoms with van der Waals surface area (Å²) in [6.45, 7) is 5.59. The van der Waals surface area contributed by atoms with Crippen LogP contribution in [0.1, 0.15) is 65.3 Å². The largest absolute Gasteiger partial charge is 0.352 e. The molecule has 2 fully saturated rings. The van der Waals surface area contributed by atoms with Crippen molar-refractivity contribution < 1.29 is 9.59 Å². The summed E-state index contributed by atoms with van der Waals surface area (Å²) in [6.07, 6.45) is 9.55. The van der Waals surface area contributed by atoms with E-state index in [0.29, 0.717) is 32.2 Å². The van der Waals surface area contributed by atoms with Gasteiger partial charge in [-0.2, -0.15) is 0 Å². The van der Waals surface area contributed by atoms with Gasteiger partial charge in [-0.25, -0.2) is 0 Å². The molecular formula is C26H34N4O3. The SMILES string of the molecule is CCNC(=O)c1cn(Cc2ccccc2)cc(C(=O)N2CCN(C3CCCCC3)CC2)c1=O. The van der Waals surface area contributed by atoms with E-state index in [1.807, 2.05) is 30.3 Å². The van der Waals surface area contributed by atoms with E-state index in [2.05, 4.69) is 10.2 Å². The minimum Gasteiger partial charge on any atom is -0.352 e. The monoisotopic (exact) mass is 450 g/mol. The zero-order valence-electron chi connectivity index (χ0n) is 19.5. The van der Waals surface area contributed by atoms with Gasteiger partial charge in [0.15, 0.2) is 0 Å². The molecule has 176 valence electrons. The lowest BCUT2D eigenvalue weighted by Gasteiger charge is -2.40. The molecule has 0 unspecified atom stereocenters. The highest BCUT2D eigenvalue weighted by Gasteiger charge is 2.29. The van der Waals surface area contributed by atoms with Crippen LogP contribution >= 0.6 is 0 Å². The topological polar surface area (TPSA) is 74.7 Å². The van der Waals surface area contributed by atoms with Gasteiger partial charge in [-0.3, -0.25) is 19.3 Å². The van der Waals surface area contributed by atoms with Crippen LogP contribution in [0.2, 0.25) is 0 Å². The first-order valence-corrected chi connectivity index (χ1v) is 12.2. The first-order chi connectivity index (χ1) is 16.1. The summed E-state index contributed by atoms with van der Waals surface area (Å²) in [4.78, 5) is 43.4. The van der Waals surface area contributed by atoms with Crippen molar-refractivity contribution in [1.82, 2.24) is 19.7 Å². The van der Waals surface area contributed by atoms with Crippen LogP contribution in [0, 0.1) is 0 Å². The number of hydrogen-bond acceptors (Lipinski definition) is 4. The van der Waals surface area contributed by atoms with Crippen LogP contribution in [0.5, 0.6) is 0 Å². The van der Waals surface area contributed by atoms with Crippen molar-refractivity contribution in [2.45, 2.75) is 51.6 Å². The number of piperazine rings is 1. The van der Waals surface area contributed by atoms with E-state index in [4.69, 9.17) is 0 Å². The predicted molar refractivity (Wildman–Crippen MR) is 129 cm³/mol. The van der Waals surface area contributed by atoms with Crippen LogP contribution < -0.4 is 10.7 Å². The van der Waals surface area contributed by atoms with Crippen molar-refractivity contribution >= 4 is 11.8 Å². The third-order valence-corrected chi connectivity index (χ3v) is 6.79. The maximum absolute atomic E-state index is 13.4. The lowest BCUT2D eigenvalue weighted by molar-refractivity contribution is 0.0521. The average Bonchev–Trinajstić information content (AvgIpc) is 2.86. The zero-order chi connectivity index (χ0) is 23.2. The summed E-state index contributed by atoms with van der Waals surface area (Å²) in [5.74, 6) is -0.725.